The number of imidazole rings is 1. The number of hydrogen-bond acceptors (Lipinski definition) is 26. The number of unbranched alkanes of at least 4 members (excludes halogenated alkanes) is 2. The molecule has 6 aromatic rings. The summed E-state index contributed by atoms with van der Waals surface area (Å²) in [4.78, 5) is 268. The Kier molecular flexibility index (Phi) is 39.9. The number of phenolic OH excluding ortho intramolecular Hbond substituents is 1. The molecule has 0 unspecified atom stereocenters. The second-order valence-corrected chi connectivity index (χ2v) is 35.3. The Labute approximate surface area is 783 Å². The van der Waals surface area contributed by atoms with Gasteiger partial charge in [-0.25, -0.2) is 4.98 Å². The van der Waals surface area contributed by atoms with Crippen LogP contribution in [-0.2, 0) is 107 Å². The fraction of sp³-hybridized carbons (Fsp3) is 0.533. The van der Waals surface area contributed by atoms with Crippen molar-refractivity contribution < 1.29 is 102 Å². The van der Waals surface area contributed by atoms with Gasteiger partial charge in [0.25, 0.3) is 0 Å². The number of likely N-dealkylation sites (N-methyl/N-ethyl adjacent to an activating group) is 3. The number of nitrogens with zero attached hydrogens (tertiary/aromatic N) is 6. The van der Waals surface area contributed by atoms with Gasteiger partial charge in [-0.05, 0) is 106 Å². The summed E-state index contributed by atoms with van der Waals surface area (Å²) in [5.41, 5.74) is 26.2. The lowest BCUT2D eigenvalue weighted by molar-refractivity contribution is -0.149. The van der Waals surface area contributed by atoms with Gasteiger partial charge in [0.15, 0.2) is 5.78 Å². The highest BCUT2D eigenvalue weighted by molar-refractivity contribution is 8.00. The number of para-hydroxylation sites is 2. The van der Waals surface area contributed by atoms with Gasteiger partial charge in [0.2, 0.25) is 88.6 Å². The Morgan fingerprint density at radius 1 is 0.585 bits per heavy atom. The number of aromatic nitrogens is 4. The van der Waals surface area contributed by atoms with Crippen LogP contribution in [0.5, 0.6) is 5.75 Å². The van der Waals surface area contributed by atoms with Gasteiger partial charge < -0.3 is 131 Å². The topological polar surface area (TPSA) is 672 Å². The smallest absolute Gasteiger partial charge is 0.303 e. The molecule has 15 amide bonds. The number of carboxylic acids is 1. The first kappa shape index (κ1) is 106. The molecule has 15 atom stereocenters. The van der Waals surface area contributed by atoms with E-state index in [4.69, 9.17) is 22.9 Å². The number of aromatic amines is 3. The zero-order valence-corrected chi connectivity index (χ0v) is 77.3. The number of aliphatic hydroxyl groups excluding tert-OH is 2. The number of nitrogens with one attached hydrogen (secondary N) is 13. The molecule has 135 heavy (non-hydrogen) atoms. The number of primary amides is 1. The molecular weight excluding hydrogens is 1770 g/mol. The first-order chi connectivity index (χ1) is 64.4. The number of benzene rings is 3. The van der Waals surface area contributed by atoms with Gasteiger partial charge >= 0.3 is 5.97 Å². The largest absolute Gasteiger partial charge is 0.508 e. The van der Waals surface area contributed by atoms with E-state index in [0.717, 1.165) is 36.3 Å². The molecule has 3 aromatic heterocycles. The third-order valence-corrected chi connectivity index (χ3v) is 25.5. The number of H-pyrrole nitrogens is 3. The van der Waals surface area contributed by atoms with Crippen molar-refractivity contribution in [3.63, 3.8) is 0 Å². The van der Waals surface area contributed by atoms with Gasteiger partial charge in [0, 0.05) is 131 Å². The Hall–Kier alpha value is -13.0. The summed E-state index contributed by atoms with van der Waals surface area (Å²) in [6.07, 6.45) is 1.54. The fourth-order valence-electron chi connectivity index (χ4n) is 16.8. The number of ketones is 1. The molecule has 3 aromatic carbocycles. The van der Waals surface area contributed by atoms with E-state index in [1.165, 1.54) is 64.9 Å². The summed E-state index contributed by atoms with van der Waals surface area (Å²) in [6.45, 7) is 2.07. The van der Waals surface area contributed by atoms with Gasteiger partial charge in [-0.3, -0.25) is 86.8 Å². The van der Waals surface area contributed by atoms with Gasteiger partial charge in [0.05, 0.1) is 43.1 Å². The summed E-state index contributed by atoms with van der Waals surface area (Å²) in [6, 6.07) is -0.570. The third kappa shape index (κ3) is 29.5. The van der Waals surface area contributed by atoms with Crippen molar-refractivity contribution in [2.45, 2.75) is 227 Å². The first-order valence-corrected chi connectivity index (χ1v) is 46.4. The minimum absolute atomic E-state index is 0.000171. The zero-order chi connectivity index (χ0) is 98.4. The van der Waals surface area contributed by atoms with Gasteiger partial charge in [0.1, 0.15) is 84.5 Å². The Balaban J connectivity index is 1.10. The molecule has 0 radical (unpaired) electrons. The Bertz CT molecular complexity index is 5150. The number of thioether (sulfide) groups is 1. The monoisotopic (exact) mass is 1900 g/mol. The number of hydrogen-bond donors (Lipinski definition) is 21. The number of Topliss-reactive ketones (excluding diaryl/α,β-unsaturated/α-hetero) is 1. The molecule has 0 saturated carbocycles. The summed E-state index contributed by atoms with van der Waals surface area (Å²) in [7, 11) is 3.94. The van der Waals surface area contributed by atoms with Crippen LogP contribution in [0.15, 0.2) is 97.7 Å². The molecular formula is C90H127N23O21S. The highest BCUT2D eigenvalue weighted by Gasteiger charge is 2.47. The molecule has 9 rings (SSSR count). The minimum atomic E-state index is -1.89. The van der Waals surface area contributed by atoms with E-state index in [1.54, 1.807) is 60.9 Å². The Morgan fingerprint density at radius 2 is 1.16 bits per heavy atom. The van der Waals surface area contributed by atoms with E-state index in [1.807, 2.05) is 13.8 Å². The van der Waals surface area contributed by atoms with E-state index in [9.17, 15) is 68.4 Å². The van der Waals surface area contributed by atoms with Crippen LogP contribution in [-0.4, -0.2) is 328 Å². The molecule has 6 heterocycles. The van der Waals surface area contributed by atoms with Gasteiger partial charge in [-0.1, -0.05) is 88.1 Å². The van der Waals surface area contributed by atoms with Crippen LogP contribution in [0.4, 0.5) is 0 Å². The number of aromatic hydroxyl groups is 1. The van der Waals surface area contributed by atoms with Crippen molar-refractivity contribution in [3.8, 4) is 5.75 Å². The molecule has 3 fully saturated rings. The molecule has 3 aliphatic rings. The highest BCUT2D eigenvalue weighted by Crippen LogP contribution is 2.30. The highest BCUT2D eigenvalue weighted by atomic mass is 32.2. The second-order valence-electron chi connectivity index (χ2n) is 34.3. The third-order valence-electron chi connectivity index (χ3n) is 24.4. The zero-order valence-electron chi connectivity index (χ0n) is 76.5. The number of aliphatic carboxylic acids is 1. The maximum atomic E-state index is 15.8. The standard InChI is InChI=1S/C90H127N23O21S/c1-7-9-22-69-83(128)102-61(21-15-31-96-90(93)94)80(125)108-68(79(124)99-43-74(92)118)46-135-47-75(119)101-64(33-50-25-27-55(115)28-26-50)85(130)109(4)49(3)77(122)106-66(39-91)88(133)112-32-16-24-70(112)84(129)104-63(37-54-42-95-48-100-54)81(126)103-62(29-30-76(120)121)87(132)113-44-56(116)38-72(113)73(117)36-51(34-52-40-97-59-19-13-11-17-57(52)59)78(123)107-67(45-114)82(127)105-65(35-53-41-98-60-20-14-12-18-58(53)60)86(131)111(6)71(23-10-8-2)89(134)110(69)5/h11-14,17-20,25-28,40-42,48-49,51,56,61-72,90,96-98,114-116H,7-10,15-16,21-24,29-39,43-47,91,93-94H2,1-6H3,(H2,92,118)(H,95,100)(H,99,124)(H,101,119)(H,102,128)(H,103,126)(H,104,129)(H,105,127)(H,106,122)(H,107,123)(H,108,125)(H,120,121)/t49-,51+,56+,61-,62-,63-,64-,65-,66-,67-,68-,69-,70-,71-,72-/m0/s1. The number of aliphatic hydroxyl groups is 2. The van der Waals surface area contributed by atoms with Crippen LogP contribution in [0.1, 0.15) is 133 Å². The summed E-state index contributed by atoms with van der Waals surface area (Å²) in [5, 5.41) is 70.7. The average Bonchev–Trinajstić information content (AvgIpc) is 1.67. The summed E-state index contributed by atoms with van der Waals surface area (Å²) >= 11 is 0.780. The van der Waals surface area contributed by atoms with Gasteiger partial charge in [-0.2, -0.15) is 0 Å². The van der Waals surface area contributed by atoms with E-state index in [-0.39, 0.29) is 88.7 Å². The number of carbonyl (C=O) groups excluding carboxylic acids is 16. The molecule has 734 valence electrons. The predicted molar refractivity (Wildman–Crippen MR) is 494 cm³/mol. The number of carbonyl (C=O) groups is 17. The second kappa shape index (κ2) is 50.9. The van der Waals surface area contributed by atoms with Crippen LogP contribution in [0, 0.1) is 5.92 Å². The Morgan fingerprint density at radius 3 is 1.79 bits per heavy atom. The van der Waals surface area contributed by atoms with Crippen molar-refractivity contribution >= 4 is 134 Å². The van der Waals surface area contributed by atoms with Crippen LogP contribution < -0.4 is 76.1 Å². The van der Waals surface area contributed by atoms with E-state index < -0.39 is 261 Å². The number of amides is 15. The van der Waals surface area contributed by atoms with Crippen LogP contribution in [0.3, 0.4) is 0 Å². The number of phenols is 1. The number of rotatable bonds is 27. The molecule has 0 aliphatic carbocycles. The van der Waals surface area contributed by atoms with E-state index in [2.05, 4.69) is 73.1 Å². The maximum absolute atomic E-state index is 15.8. The molecule has 0 bridgehead atoms. The van der Waals surface area contributed by atoms with Gasteiger partial charge in [-0.15, -0.1) is 11.8 Å². The van der Waals surface area contributed by atoms with Crippen LogP contribution in [0.25, 0.3) is 21.8 Å². The number of nitrogens with two attached hydrogens (primary N) is 4. The number of carboxylic acid groups (broad SMARTS) is 1. The van der Waals surface area contributed by atoms with E-state index in [0.29, 0.717) is 64.2 Å². The van der Waals surface area contributed by atoms with Crippen molar-refractivity contribution in [2.75, 3.05) is 72.0 Å². The predicted octanol–water partition coefficient (Wildman–Crippen LogP) is -3.63. The molecule has 3 aliphatic heterocycles. The fourth-order valence-corrected chi connectivity index (χ4v) is 17.6. The molecule has 45 heteroatoms. The lowest BCUT2D eigenvalue weighted by Gasteiger charge is -2.36. The van der Waals surface area contributed by atoms with Crippen LogP contribution >= 0.6 is 11.8 Å². The van der Waals surface area contributed by atoms with Crippen molar-refractivity contribution in [1.29, 1.82) is 0 Å². The summed E-state index contributed by atoms with van der Waals surface area (Å²) in [5.74, 6) is -18.8. The lowest BCUT2D eigenvalue weighted by atomic mass is 9.90. The SMILES string of the molecule is CCCC[C@H]1C(=O)N(C)[C@@H](CCCC)C(=O)N[C@@H](CCCNC(N)N)C(=O)N[C@H](C(=O)NCC(N)=O)CSCC(=O)N[C@@H](Cc2ccc(O)cc2)C(=O)N(C)[C@@H](C)C(=O)N[C@@H](CN)C(=O)N2CCC[C@H]2C(=O)N[C@@H](Cc2c[nH]cn2)C(=O)N[C@@H](CCC(=O)O)C(=O)N2C[C@H](O)C[C@H]2C(=O)C[C@@H](Cc2c[nH]c3ccccc23)C(=O)N[C@@H](CO)C(=O)N[C@@H](Cc2c[nH]c3ccccc23)C(=O)N1C. The number of fused-ring (bicyclic) bond motifs is 4. The quantitative estimate of drug-likeness (QED) is 0.0175. The minimum Gasteiger partial charge on any atom is -0.508 e. The maximum Gasteiger partial charge on any atom is 0.303 e. The van der Waals surface area contributed by atoms with Crippen LogP contribution in [0.2, 0.25) is 0 Å². The van der Waals surface area contributed by atoms with Crippen molar-refractivity contribution in [1.82, 2.24) is 97.6 Å². The molecule has 44 nitrogen and oxygen atoms in total. The van der Waals surface area contributed by atoms with E-state index >= 15 is 33.6 Å². The molecule has 25 N–H and O–H groups in total. The molecule has 0 spiro atoms. The normalized spacial score (nSPS) is 24.9. The van der Waals surface area contributed by atoms with Crippen molar-refractivity contribution in [2.24, 2.45) is 28.9 Å². The lowest BCUT2D eigenvalue weighted by Crippen LogP contribution is -2.61. The first-order valence-electron chi connectivity index (χ1n) is 45.2. The summed E-state index contributed by atoms with van der Waals surface area (Å²) < 4.78 is 0. The van der Waals surface area contributed by atoms with Crippen molar-refractivity contribution in [3.05, 3.63) is 120 Å². The molecule has 3 saturated heterocycles. The average molecular weight is 1900 g/mol.